The molecule has 0 amide bonds. The van der Waals surface area contributed by atoms with E-state index < -0.39 is 11.7 Å². The maximum atomic E-state index is 13.1. The Morgan fingerprint density at radius 2 is 2.25 bits per heavy atom. The summed E-state index contributed by atoms with van der Waals surface area (Å²) in [7, 11) is 0. The minimum Gasteiger partial charge on any atom is -0.352 e. The first-order valence-corrected chi connectivity index (χ1v) is 7.03. The molecule has 2 rings (SSSR count). The highest BCUT2D eigenvalue weighted by molar-refractivity contribution is 5.49. The molecule has 112 valence electrons. The summed E-state index contributed by atoms with van der Waals surface area (Å²) in [5.74, 6) is 0.0653. The molecule has 0 radical (unpaired) electrons. The number of hydrogen-bond acceptors (Lipinski definition) is 3. The first-order valence-electron chi connectivity index (χ1n) is 7.03. The second-order valence-corrected chi connectivity index (χ2v) is 5.07. The average Bonchev–Trinajstić information content (AvgIpc) is 2.45. The zero-order valence-electron chi connectivity index (χ0n) is 11.6. The highest BCUT2D eigenvalue weighted by atomic mass is 19.4. The van der Waals surface area contributed by atoms with E-state index in [2.05, 4.69) is 10.3 Å². The third-order valence-electron chi connectivity index (χ3n) is 3.54. The monoisotopic (exact) mass is 287 g/mol. The molecule has 0 saturated carbocycles. The maximum Gasteiger partial charge on any atom is 0.419 e. The Hall–Kier alpha value is -1.30. The number of nitrogens with zero attached hydrogens (tertiary/aromatic N) is 2. The standard InChI is InChI=1S/C14H20F3N3/c1-2-9-20(11-5-3-7-18-10-11)13-12(14(15,16)17)6-4-8-19-13/h4,6,8,11,18H,2-3,5,7,9-10H2,1H3. The fourth-order valence-electron chi connectivity index (χ4n) is 2.65. The molecule has 3 nitrogen and oxygen atoms in total. The van der Waals surface area contributed by atoms with Crippen molar-refractivity contribution in [1.82, 2.24) is 10.3 Å². The van der Waals surface area contributed by atoms with Gasteiger partial charge in [0.15, 0.2) is 0 Å². The summed E-state index contributed by atoms with van der Waals surface area (Å²) in [6.07, 6.45) is -0.245. The van der Waals surface area contributed by atoms with Crippen LogP contribution in [0.15, 0.2) is 18.3 Å². The third kappa shape index (κ3) is 3.42. The molecule has 0 aromatic carbocycles. The Kier molecular flexibility index (Phi) is 4.86. The van der Waals surface area contributed by atoms with Crippen molar-refractivity contribution in [3.05, 3.63) is 23.9 Å². The average molecular weight is 287 g/mol. The van der Waals surface area contributed by atoms with Crippen LogP contribution < -0.4 is 10.2 Å². The molecule has 1 fully saturated rings. The van der Waals surface area contributed by atoms with Gasteiger partial charge in [-0.2, -0.15) is 13.2 Å². The number of piperidine rings is 1. The normalized spacial score (nSPS) is 19.9. The molecular weight excluding hydrogens is 267 g/mol. The van der Waals surface area contributed by atoms with Gasteiger partial charge in [-0.25, -0.2) is 4.98 Å². The summed E-state index contributed by atoms with van der Waals surface area (Å²) in [6, 6.07) is 2.54. The Morgan fingerprint density at radius 1 is 1.45 bits per heavy atom. The van der Waals surface area contributed by atoms with Crippen molar-refractivity contribution in [2.75, 3.05) is 24.5 Å². The number of pyridine rings is 1. The first kappa shape index (κ1) is 15.1. The molecule has 0 aliphatic carbocycles. The van der Waals surface area contributed by atoms with Crippen LogP contribution in [0.1, 0.15) is 31.7 Å². The molecule has 1 atom stereocenters. The van der Waals surface area contributed by atoms with Gasteiger partial charge in [0.1, 0.15) is 5.82 Å². The SMILES string of the molecule is CCCN(c1ncccc1C(F)(F)F)C1CCCNC1. The van der Waals surface area contributed by atoms with Crippen molar-refractivity contribution in [3.63, 3.8) is 0 Å². The van der Waals surface area contributed by atoms with Gasteiger partial charge in [0.2, 0.25) is 0 Å². The Labute approximate surface area is 117 Å². The van der Waals surface area contributed by atoms with E-state index in [0.29, 0.717) is 13.1 Å². The molecule has 1 aliphatic rings. The lowest BCUT2D eigenvalue weighted by atomic mass is 10.0. The molecular formula is C14H20F3N3. The van der Waals surface area contributed by atoms with Crippen molar-refractivity contribution in [2.45, 2.75) is 38.4 Å². The van der Waals surface area contributed by atoms with E-state index in [1.165, 1.54) is 12.3 Å². The van der Waals surface area contributed by atoms with Gasteiger partial charge in [0.05, 0.1) is 5.56 Å². The number of anilines is 1. The highest BCUT2D eigenvalue weighted by Crippen LogP contribution is 2.36. The molecule has 2 heterocycles. The number of aromatic nitrogens is 1. The molecule has 1 aliphatic heterocycles. The fraction of sp³-hybridized carbons (Fsp3) is 0.643. The van der Waals surface area contributed by atoms with Crippen LogP contribution in [-0.2, 0) is 6.18 Å². The van der Waals surface area contributed by atoms with E-state index >= 15 is 0 Å². The topological polar surface area (TPSA) is 28.2 Å². The summed E-state index contributed by atoms with van der Waals surface area (Å²) in [5, 5.41) is 3.25. The van der Waals surface area contributed by atoms with Crippen molar-refractivity contribution < 1.29 is 13.2 Å². The molecule has 1 aromatic rings. The van der Waals surface area contributed by atoms with Gasteiger partial charge in [0.25, 0.3) is 0 Å². The van der Waals surface area contributed by atoms with E-state index in [1.807, 2.05) is 11.8 Å². The van der Waals surface area contributed by atoms with E-state index in [-0.39, 0.29) is 11.9 Å². The lowest BCUT2D eigenvalue weighted by molar-refractivity contribution is -0.137. The van der Waals surface area contributed by atoms with Crippen LogP contribution in [0.25, 0.3) is 0 Å². The van der Waals surface area contributed by atoms with Crippen LogP contribution in [0.5, 0.6) is 0 Å². The predicted molar refractivity (Wildman–Crippen MR) is 72.8 cm³/mol. The van der Waals surface area contributed by atoms with E-state index in [0.717, 1.165) is 31.9 Å². The van der Waals surface area contributed by atoms with Crippen molar-refractivity contribution in [2.24, 2.45) is 0 Å². The zero-order valence-corrected chi connectivity index (χ0v) is 11.6. The Balaban J connectivity index is 2.33. The highest BCUT2D eigenvalue weighted by Gasteiger charge is 2.37. The molecule has 6 heteroatoms. The molecule has 1 aromatic heterocycles. The van der Waals surface area contributed by atoms with Gasteiger partial charge >= 0.3 is 6.18 Å². The maximum absolute atomic E-state index is 13.1. The second-order valence-electron chi connectivity index (χ2n) is 5.07. The van der Waals surface area contributed by atoms with Gasteiger partial charge < -0.3 is 10.2 Å². The van der Waals surface area contributed by atoms with Gasteiger partial charge in [-0.1, -0.05) is 6.92 Å². The van der Waals surface area contributed by atoms with E-state index in [1.54, 1.807) is 0 Å². The second kappa shape index (κ2) is 6.43. The van der Waals surface area contributed by atoms with Crippen molar-refractivity contribution >= 4 is 5.82 Å². The van der Waals surface area contributed by atoms with Crippen LogP contribution in [0.2, 0.25) is 0 Å². The summed E-state index contributed by atoms with van der Waals surface area (Å²) < 4.78 is 39.4. The largest absolute Gasteiger partial charge is 0.419 e. The minimum absolute atomic E-state index is 0.0653. The first-order chi connectivity index (χ1) is 9.54. The summed E-state index contributed by atoms with van der Waals surface area (Å²) in [5.41, 5.74) is -0.640. The van der Waals surface area contributed by atoms with Crippen LogP contribution in [0.3, 0.4) is 0 Å². The lowest BCUT2D eigenvalue weighted by Gasteiger charge is -2.36. The third-order valence-corrected chi connectivity index (χ3v) is 3.54. The molecule has 1 saturated heterocycles. The molecule has 1 N–H and O–H groups in total. The van der Waals surface area contributed by atoms with Crippen molar-refractivity contribution in [3.8, 4) is 0 Å². The molecule has 1 unspecified atom stereocenters. The smallest absolute Gasteiger partial charge is 0.352 e. The van der Waals surface area contributed by atoms with Crippen LogP contribution in [0, 0.1) is 0 Å². The van der Waals surface area contributed by atoms with Crippen LogP contribution >= 0.6 is 0 Å². The van der Waals surface area contributed by atoms with E-state index in [4.69, 9.17) is 0 Å². The van der Waals surface area contributed by atoms with Gasteiger partial charge in [-0.15, -0.1) is 0 Å². The van der Waals surface area contributed by atoms with Crippen LogP contribution in [-0.4, -0.2) is 30.7 Å². The number of rotatable bonds is 4. The van der Waals surface area contributed by atoms with Crippen molar-refractivity contribution in [1.29, 1.82) is 0 Å². The Morgan fingerprint density at radius 3 is 2.85 bits per heavy atom. The summed E-state index contributed by atoms with van der Waals surface area (Å²) >= 11 is 0. The van der Waals surface area contributed by atoms with Gasteiger partial charge in [-0.3, -0.25) is 0 Å². The molecule has 0 spiro atoms. The predicted octanol–water partition coefficient (Wildman–Crippen LogP) is 3.07. The number of alkyl halides is 3. The molecule has 0 bridgehead atoms. The van der Waals surface area contributed by atoms with E-state index in [9.17, 15) is 13.2 Å². The summed E-state index contributed by atoms with van der Waals surface area (Å²) in [6.45, 7) is 4.21. The number of hydrogen-bond donors (Lipinski definition) is 1. The van der Waals surface area contributed by atoms with Gasteiger partial charge in [-0.05, 0) is 37.9 Å². The summed E-state index contributed by atoms with van der Waals surface area (Å²) in [4.78, 5) is 5.83. The molecule has 20 heavy (non-hydrogen) atoms. The lowest BCUT2D eigenvalue weighted by Crippen LogP contribution is -2.47. The van der Waals surface area contributed by atoms with Crippen LogP contribution in [0.4, 0.5) is 19.0 Å². The quantitative estimate of drug-likeness (QED) is 0.922. The fourth-order valence-corrected chi connectivity index (χ4v) is 2.65. The Bertz CT molecular complexity index is 428. The van der Waals surface area contributed by atoms with Gasteiger partial charge in [0, 0.05) is 25.3 Å². The number of nitrogens with one attached hydrogen (secondary N) is 1. The zero-order chi connectivity index (χ0) is 14.6. The minimum atomic E-state index is -4.36. The number of halogens is 3.